The van der Waals surface area contributed by atoms with E-state index in [2.05, 4.69) is 27.1 Å². The van der Waals surface area contributed by atoms with Crippen LogP contribution < -0.4 is 5.32 Å². The summed E-state index contributed by atoms with van der Waals surface area (Å²) in [6.45, 7) is 1.48. The van der Waals surface area contributed by atoms with Gasteiger partial charge in [0.05, 0.1) is 11.9 Å². The van der Waals surface area contributed by atoms with Gasteiger partial charge in [-0.25, -0.2) is 9.97 Å². The Morgan fingerprint density at radius 3 is 3.17 bits per heavy atom. The van der Waals surface area contributed by atoms with Gasteiger partial charge in [0.2, 0.25) is 5.76 Å². The Morgan fingerprint density at radius 1 is 1.39 bits per heavy atom. The van der Waals surface area contributed by atoms with E-state index in [1.54, 1.807) is 0 Å². The van der Waals surface area contributed by atoms with Crippen LogP contribution in [0.4, 0.5) is 0 Å². The van der Waals surface area contributed by atoms with Crippen molar-refractivity contribution in [2.45, 2.75) is 25.9 Å². The number of fused-ring (bicyclic) bond motifs is 1. The number of aryl methyl sites for hydroxylation is 2. The van der Waals surface area contributed by atoms with Crippen LogP contribution in [-0.2, 0) is 19.5 Å². The lowest BCUT2D eigenvalue weighted by Gasteiger charge is -2.05. The van der Waals surface area contributed by atoms with Gasteiger partial charge in [-0.05, 0) is 18.1 Å². The third-order valence-electron chi connectivity index (χ3n) is 3.99. The van der Waals surface area contributed by atoms with E-state index < -0.39 is 0 Å². The Kier molecular flexibility index (Phi) is 3.42. The molecule has 3 heterocycles. The van der Waals surface area contributed by atoms with Crippen LogP contribution in [0, 0.1) is 0 Å². The van der Waals surface area contributed by atoms with Crippen molar-refractivity contribution in [1.29, 1.82) is 0 Å². The fourth-order valence-electron chi connectivity index (χ4n) is 2.83. The molecule has 1 N–H and O–H groups in total. The molecule has 6 heteroatoms. The highest BCUT2D eigenvalue weighted by molar-refractivity contribution is 5.90. The second-order valence-electron chi connectivity index (χ2n) is 5.59. The minimum absolute atomic E-state index is 0.215. The summed E-state index contributed by atoms with van der Waals surface area (Å²) in [5, 5.41) is 2.82. The van der Waals surface area contributed by atoms with Crippen LogP contribution in [0.2, 0.25) is 0 Å². The molecule has 0 saturated carbocycles. The average Bonchev–Trinajstić information content (AvgIpc) is 3.28. The van der Waals surface area contributed by atoms with E-state index >= 15 is 0 Å². The van der Waals surface area contributed by atoms with E-state index in [-0.39, 0.29) is 11.7 Å². The van der Waals surface area contributed by atoms with Crippen LogP contribution in [0.1, 0.15) is 28.4 Å². The Balaban J connectivity index is 1.48. The lowest BCUT2D eigenvalue weighted by atomic mass is 10.1. The van der Waals surface area contributed by atoms with Gasteiger partial charge in [-0.1, -0.05) is 18.2 Å². The summed E-state index contributed by atoms with van der Waals surface area (Å²) in [6.07, 6.45) is 6.98. The van der Waals surface area contributed by atoms with Gasteiger partial charge in [0.1, 0.15) is 5.82 Å². The molecule has 0 bridgehead atoms. The first kappa shape index (κ1) is 13.8. The number of oxazole rings is 1. The molecule has 0 saturated heterocycles. The van der Waals surface area contributed by atoms with Crippen molar-refractivity contribution in [3.05, 3.63) is 60.2 Å². The first-order valence-corrected chi connectivity index (χ1v) is 7.61. The minimum Gasteiger partial charge on any atom is -0.438 e. The topological polar surface area (TPSA) is 73.0 Å². The van der Waals surface area contributed by atoms with Gasteiger partial charge in [0.25, 0.3) is 5.91 Å². The number of carbonyl (C=O) groups excluding carboxylic acids is 1. The Morgan fingerprint density at radius 2 is 2.35 bits per heavy atom. The maximum atomic E-state index is 11.9. The molecule has 0 aliphatic carbocycles. The van der Waals surface area contributed by atoms with Crippen molar-refractivity contribution in [3.63, 3.8) is 0 Å². The van der Waals surface area contributed by atoms with Crippen LogP contribution in [0.3, 0.4) is 0 Å². The van der Waals surface area contributed by atoms with Crippen LogP contribution in [0.25, 0.3) is 11.3 Å². The van der Waals surface area contributed by atoms with Gasteiger partial charge in [-0.3, -0.25) is 4.79 Å². The average molecular weight is 308 g/mol. The number of aromatic nitrogens is 3. The van der Waals surface area contributed by atoms with Crippen LogP contribution in [0.5, 0.6) is 0 Å². The van der Waals surface area contributed by atoms with Gasteiger partial charge in [-0.15, -0.1) is 0 Å². The molecular weight excluding hydrogens is 292 g/mol. The first-order chi connectivity index (χ1) is 11.3. The summed E-state index contributed by atoms with van der Waals surface area (Å²) in [4.78, 5) is 20.3. The number of nitrogens with zero attached hydrogens (tertiary/aromatic N) is 3. The summed E-state index contributed by atoms with van der Waals surface area (Å²) in [5.74, 6) is 1.10. The number of hydrogen-bond acceptors (Lipinski definition) is 4. The molecule has 116 valence electrons. The van der Waals surface area contributed by atoms with Crippen molar-refractivity contribution in [2.24, 2.45) is 0 Å². The predicted octanol–water partition coefficient (Wildman–Crippen LogP) is 2.41. The lowest BCUT2D eigenvalue weighted by molar-refractivity contribution is 0.0923. The van der Waals surface area contributed by atoms with Gasteiger partial charge in [0, 0.05) is 31.3 Å². The van der Waals surface area contributed by atoms with Crippen molar-refractivity contribution >= 4 is 5.91 Å². The van der Waals surface area contributed by atoms with E-state index in [4.69, 9.17) is 9.40 Å². The molecule has 0 radical (unpaired) electrons. The van der Waals surface area contributed by atoms with Gasteiger partial charge in [0.15, 0.2) is 6.39 Å². The van der Waals surface area contributed by atoms with Crippen molar-refractivity contribution in [2.75, 3.05) is 0 Å². The minimum atomic E-state index is -0.270. The number of benzene rings is 1. The van der Waals surface area contributed by atoms with Crippen molar-refractivity contribution < 1.29 is 9.21 Å². The molecule has 4 rings (SSSR count). The number of rotatable bonds is 4. The molecule has 0 atom stereocenters. The zero-order chi connectivity index (χ0) is 15.6. The molecule has 23 heavy (non-hydrogen) atoms. The number of imidazole rings is 1. The molecule has 1 aliphatic heterocycles. The standard InChI is InChI=1S/C17H16N4O2/c22-17(15-9-18-11-23-15)19-8-12-3-1-4-13(7-12)14-10-21-6-2-5-16(21)20-14/h1,3-4,7,9-11H,2,5-6,8H2,(H,19,22). The van der Waals surface area contributed by atoms with E-state index in [1.165, 1.54) is 19.0 Å². The van der Waals surface area contributed by atoms with Gasteiger partial charge in [-0.2, -0.15) is 0 Å². The second-order valence-corrected chi connectivity index (χ2v) is 5.59. The zero-order valence-electron chi connectivity index (χ0n) is 12.5. The molecule has 0 unspecified atom stereocenters. The number of carbonyl (C=O) groups is 1. The third kappa shape index (κ3) is 2.75. The van der Waals surface area contributed by atoms with Gasteiger partial charge >= 0.3 is 0 Å². The summed E-state index contributed by atoms with van der Waals surface area (Å²) in [6, 6.07) is 8.06. The Labute approximate surface area is 133 Å². The molecular formula is C17H16N4O2. The Bertz CT molecular complexity index is 815. The molecule has 0 spiro atoms. The molecule has 0 fully saturated rings. The number of nitrogens with one attached hydrogen (secondary N) is 1. The van der Waals surface area contributed by atoms with Crippen LogP contribution >= 0.6 is 0 Å². The highest BCUT2D eigenvalue weighted by atomic mass is 16.3. The zero-order valence-corrected chi connectivity index (χ0v) is 12.5. The van der Waals surface area contributed by atoms with E-state index in [9.17, 15) is 4.79 Å². The van der Waals surface area contributed by atoms with Crippen LogP contribution in [0.15, 0.2) is 47.5 Å². The van der Waals surface area contributed by atoms with Crippen LogP contribution in [-0.4, -0.2) is 20.4 Å². The lowest BCUT2D eigenvalue weighted by Crippen LogP contribution is -2.22. The quantitative estimate of drug-likeness (QED) is 0.803. The molecule has 3 aromatic rings. The Hall–Kier alpha value is -2.89. The number of hydrogen-bond donors (Lipinski definition) is 1. The van der Waals surface area contributed by atoms with Crippen molar-refractivity contribution in [3.8, 4) is 11.3 Å². The smallest absolute Gasteiger partial charge is 0.288 e. The summed E-state index contributed by atoms with van der Waals surface area (Å²) in [7, 11) is 0. The predicted molar refractivity (Wildman–Crippen MR) is 83.7 cm³/mol. The molecule has 6 nitrogen and oxygen atoms in total. The maximum Gasteiger partial charge on any atom is 0.288 e. The monoisotopic (exact) mass is 308 g/mol. The summed E-state index contributed by atoms with van der Waals surface area (Å²) >= 11 is 0. The van der Waals surface area contributed by atoms with E-state index in [0.717, 1.165) is 35.6 Å². The molecule has 1 amide bonds. The van der Waals surface area contributed by atoms with Crippen molar-refractivity contribution in [1.82, 2.24) is 19.9 Å². The largest absolute Gasteiger partial charge is 0.438 e. The van der Waals surface area contributed by atoms with Gasteiger partial charge < -0.3 is 14.3 Å². The molecule has 2 aromatic heterocycles. The number of amides is 1. The van der Waals surface area contributed by atoms with E-state index in [0.29, 0.717) is 6.54 Å². The first-order valence-electron chi connectivity index (χ1n) is 7.61. The second kappa shape index (κ2) is 5.72. The molecule has 1 aliphatic rings. The fourth-order valence-corrected chi connectivity index (χ4v) is 2.83. The van der Waals surface area contributed by atoms with E-state index in [1.807, 2.05) is 18.2 Å². The normalized spacial score (nSPS) is 13.0. The highest BCUT2D eigenvalue weighted by Gasteiger charge is 2.15. The maximum absolute atomic E-state index is 11.9. The SMILES string of the molecule is O=C(NCc1cccc(-c2cn3c(n2)CCC3)c1)c1cnco1. The summed E-state index contributed by atoms with van der Waals surface area (Å²) in [5.41, 5.74) is 3.07. The molecule has 1 aromatic carbocycles. The summed E-state index contributed by atoms with van der Waals surface area (Å²) < 4.78 is 7.19. The highest BCUT2D eigenvalue weighted by Crippen LogP contribution is 2.23. The fraction of sp³-hybridized carbons (Fsp3) is 0.235. The third-order valence-corrected chi connectivity index (χ3v) is 3.99.